The first kappa shape index (κ1) is 10.8. The Morgan fingerprint density at radius 2 is 2.00 bits per heavy atom. The van der Waals surface area contributed by atoms with Crippen molar-refractivity contribution in [2.75, 3.05) is 0 Å². The van der Waals surface area contributed by atoms with E-state index in [4.69, 9.17) is 10.5 Å². The van der Waals surface area contributed by atoms with E-state index in [1.54, 1.807) is 36.0 Å². The highest BCUT2D eigenvalue weighted by atomic mass is 16.1. The molecule has 0 N–H and O–H groups in total. The van der Waals surface area contributed by atoms with Gasteiger partial charge in [-0.3, -0.25) is 9.48 Å². The van der Waals surface area contributed by atoms with Gasteiger partial charge in [-0.25, -0.2) is 0 Å². The van der Waals surface area contributed by atoms with Crippen LogP contribution in [0.3, 0.4) is 0 Å². The number of benzene rings is 1. The summed E-state index contributed by atoms with van der Waals surface area (Å²) >= 11 is 0. The number of hydrogen-bond donors (Lipinski definition) is 0. The molecule has 0 atom stereocenters. The molecule has 0 saturated carbocycles. The summed E-state index contributed by atoms with van der Waals surface area (Å²) in [7, 11) is 1.72. The van der Waals surface area contributed by atoms with Gasteiger partial charge in [-0.15, -0.1) is 0 Å². The summed E-state index contributed by atoms with van der Waals surface area (Å²) in [5.41, 5.74) is 0.974. The van der Waals surface area contributed by atoms with Gasteiger partial charge in [0.25, 0.3) is 0 Å². The third-order valence-electron chi connectivity index (χ3n) is 2.51. The zero-order chi connectivity index (χ0) is 12.4. The number of carbonyl (C=O) groups is 1. The summed E-state index contributed by atoms with van der Waals surface area (Å²) < 4.78 is 1.56. The van der Waals surface area contributed by atoms with Crippen LogP contribution in [0.5, 0.6) is 0 Å². The van der Waals surface area contributed by atoms with Gasteiger partial charge in [0.15, 0.2) is 5.92 Å². The molecular formula is C12H8N4O. The van der Waals surface area contributed by atoms with Crippen LogP contribution in [0.4, 0.5) is 0 Å². The van der Waals surface area contributed by atoms with Crippen LogP contribution in [0.25, 0.3) is 10.9 Å². The average Bonchev–Trinajstić information content (AvgIpc) is 2.69. The van der Waals surface area contributed by atoms with Crippen molar-refractivity contribution in [3.63, 3.8) is 0 Å². The predicted octanol–water partition coefficient (Wildman–Crippen LogP) is 1.42. The van der Waals surface area contributed by atoms with Crippen LogP contribution >= 0.6 is 0 Å². The first-order chi connectivity index (χ1) is 8.19. The number of fused-ring (bicyclic) bond motifs is 1. The van der Waals surface area contributed by atoms with Gasteiger partial charge < -0.3 is 0 Å². The maximum Gasteiger partial charge on any atom is 0.215 e. The molecule has 0 amide bonds. The second-order valence-electron chi connectivity index (χ2n) is 3.54. The van der Waals surface area contributed by atoms with Crippen LogP contribution in [0.2, 0.25) is 0 Å². The molecule has 0 radical (unpaired) electrons. The molecule has 82 valence electrons. The molecule has 5 nitrogen and oxygen atoms in total. The molecule has 0 aliphatic rings. The number of para-hydroxylation sites is 1. The fraction of sp³-hybridized carbons (Fsp3) is 0.167. The summed E-state index contributed by atoms with van der Waals surface area (Å²) in [5.74, 6) is -1.85. The Morgan fingerprint density at radius 1 is 1.35 bits per heavy atom. The van der Waals surface area contributed by atoms with Crippen molar-refractivity contribution < 1.29 is 4.79 Å². The number of hydrogen-bond acceptors (Lipinski definition) is 4. The summed E-state index contributed by atoms with van der Waals surface area (Å²) in [4.78, 5) is 11.9. The zero-order valence-electron chi connectivity index (χ0n) is 9.08. The number of Topliss-reactive ketones (excluding diaryl/α,β-unsaturated/α-hetero) is 1. The van der Waals surface area contributed by atoms with Gasteiger partial charge >= 0.3 is 0 Å². The minimum absolute atomic E-state index is 0.177. The molecule has 0 aliphatic heterocycles. The van der Waals surface area contributed by atoms with E-state index in [-0.39, 0.29) is 5.69 Å². The Hall–Kier alpha value is -2.66. The standard InChI is InChI=1S/C12H8N4O/c1-16-10-5-3-2-4-9(10)11(15-16)12(17)8(6-13)7-14/h2-5,8H,1H3. The first-order valence-electron chi connectivity index (χ1n) is 4.94. The Morgan fingerprint density at radius 3 is 2.65 bits per heavy atom. The zero-order valence-corrected chi connectivity index (χ0v) is 9.08. The van der Waals surface area contributed by atoms with Crippen LogP contribution in [0.1, 0.15) is 10.5 Å². The number of nitriles is 2. The van der Waals surface area contributed by atoms with E-state index in [0.29, 0.717) is 5.39 Å². The first-order valence-corrected chi connectivity index (χ1v) is 4.94. The molecule has 0 spiro atoms. The van der Waals surface area contributed by atoms with Gasteiger partial charge in [-0.05, 0) is 6.07 Å². The van der Waals surface area contributed by atoms with Crippen molar-refractivity contribution in [3.05, 3.63) is 30.0 Å². The number of aryl methyl sites for hydroxylation is 1. The lowest BCUT2D eigenvalue weighted by atomic mass is 10.0. The third kappa shape index (κ3) is 1.64. The maximum atomic E-state index is 11.9. The molecule has 0 bridgehead atoms. The summed E-state index contributed by atoms with van der Waals surface area (Å²) in [6.07, 6.45) is 0. The fourth-order valence-electron chi connectivity index (χ4n) is 1.68. The minimum atomic E-state index is -1.30. The molecule has 2 rings (SSSR count). The second kappa shape index (κ2) is 4.07. The van der Waals surface area contributed by atoms with Gasteiger partial charge in [-0.2, -0.15) is 15.6 Å². The maximum absolute atomic E-state index is 11.9. The summed E-state index contributed by atoms with van der Waals surface area (Å²) in [6.45, 7) is 0. The smallest absolute Gasteiger partial charge is 0.215 e. The monoisotopic (exact) mass is 224 g/mol. The largest absolute Gasteiger partial charge is 0.290 e. The van der Waals surface area contributed by atoms with Crippen molar-refractivity contribution >= 4 is 16.7 Å². The highest BCUT2D eigenvalue weighted by molar-refractivity contribution is 6.08. The normalized spacial score (nSPS) is 10.1. The van der Waals surface area contributed by atoms with E-state index in [9.17, 15) is 4.79 Å². The van der Waals surface area contributed by atoms with Gasteiger partial charge in [0, 0.05) is 12.4 Å². The molecule has 1 aromatic heterocycles. The molecule has 5 heteroatoms. The molecule has 1 aromatic carbocycles. The lowest BCUT2D eigenvalue weighted by Gasteiger charge is -1.95. The van der Waals surface area contributed by atoms with E-state index in [2.05, 4.69) is 5.10 Å². The summed E-state index contributed by atoms with van der Waals surface area (Å²) in [6, 6.07) is 10.5. The number of rotatable bonds is 2. The number of nitrogens with zero attached hydrogens (tertiary/aromatic N) is 4. The Balaban J connectivity index is 2.62. The van der Waals surface area contributed by atoms with E-state index in [0.717, 1.165) is 5.52 Å². The SMILES string of the molecule is Cn1nc(C(=O)C(C#N)C#N)c2ccccc21. The molecule has 0 unspecified atom stereocenters. The van der Waals surface area contributed by atoms with Crippen LogP contribution < -0.4 is 0 Å². The Bertz CT molecular complexity index is 658. The Labute approximate surface area is 97.5 Å². The fourth-order valence-corrected chi connectivity index (χ4v) is 1.68. The van der Waals surface area contributed by atoms with Crippen molar-refractivity contribution in [2.24, 2.45) is 13.0 Å². The van der Waals surface area contributed by atoms with Crippen LogP contribution in [0.15, 0.2) is 24.3 Å². The quantitative estimate of drug-likeness (QED) is 0.722. The molecular weight excluding hydrogens is 216 g/mol. The highest BCUT2D eigenvalue weighted by Gasteiger charge is 2.24. The van der Waals surface area contributed by atoms with Crippen molar-refractivity contribution in [3.8, 4) is 12.1 Å². The Kier molecular flexibility index (Phi) is 2.60. The predicted molar refractivity (Wildman–Crippen MR) is 59.8 cm³/mol. The number of ketones is 1. The lowest BCUT2D eigenvalue weighted by molar-refractivity contribution is 0.0967. The molecule has 0 saturated heterocycles. The van der Waals surface area contributed by atoms with Crippen LogP contribution in [0, 0.1) is 28.6 Å². The van der Waals surface area contributed by atoms with Crippen molar-refractivity contribution in [1.29, 1.82) is 10.5 Å². The molecule has 2 aromatic rings. The van der Waals surface area contributed by atoms with Gasteiger partial charge in [0.05, 0.1) is 17.7 Å². The van der Waals surface area contributed by atoms with Crippen molar-refractivity contribution in [2.45, 2.75) is 0 Å². The lowest BCUT2D eigenvalue weighted by Crippen LogP contribution is -2.12. The number of aromatic nitrogens is 2. The summed E-state index contributed by atoms with van der Waals surface area (Å²) in [5, 5.41) is 22.2. The molecule has 0 aliphatic carbocycles. The molecule has 1 heterocycles. The number of carbonyl (C=O) groups excluding carboxylic acids is 1. The molecule has 17 heavy (non-hydrogen) atoms. The van der Waals surface area contributed by atoms with E-state index in [1.807, 2.05) is 12.1 Å². The van der Waals surface area contributed by atoms with Crippen LogP contribution in [-0.2, 0) is 7.05 Å². The average molecular weight is 224 g/mol. The van der Waals surface area contributed by atoms with Gasteiger partial charge in [-0.1, -0.05) is 18.2 Å². The molecule has 0 fully saturated rings. The van der Waals surface area contributed by atoms with Gasteiger partial charge in [0.1, 0.15) is 5.69 Å². The second-order valence-corrected chi connectivity index (χ2v) is 3.54. The van der Waals surface area contributed by atoms with Crippen LogP contribution in [-0.4, -0.2) is 15.6 Å². The minimum Gasteiger partial charge on any atom is -0.290 e. The topological polar surface area (TPSA) is 82.5 Å². The van der Waals surface area contributed by atoms with E-state index in [1.165, 1.54) is 0 Å². The highest BCUT2D eigenvalue weighted by Crippen LogP contribution is 2.19. The van der Waals surface area contributed by atoms with E-state index >= 15 is 0 Å². The third-order valence-corrected chi connectivity index (χ3v) is 2.51. The van der Waals surface area contributed by atoms with Crippen molar-refractivity contribution in [1.82, 2.24) is 9.78 Å². The van der Waals surface area contributed by atoms with Gasteiger partial charge in [0.2, 0.25) is 5.78 Å². The van der Waals surface area contributed by atoms with E-state index < -0.39 is 11.7 Å².